The van der Waals surface area contributed by atoms with Crippen molar-refractivity contribution >= 4 is 29.0 Å². The zero-order valence-corrected chi connectivity index (χ0v) is 13.5. The zero-order chi connectivity index (χ0) is 18.1. The van der Waals surface area contributed by atoms with Gasteiger partial charge in [0, 0.05) is 17.7 Å². The molecule has 0 amide bonds. The molecule has 4 rings (SSSR count). The van der Waals surface area contributed by atoms with Crippen molar-refractivity contribution < 1.29 is 8.78 Å². The molecular weight excluding hydrogens is 336 g/mol. The summed E-state index contributed by atoms with van der Waals surface area (Å²) in [5.74, 6) is -1.42. The molecule has 0 atom stereocenters. The maximum atomic E-state index is 13.4. The third-order valence-corrected chi connectivity index (χ3v) is 3.87. The van der Waals surface area contributed by atoms with Gasteiger partial charge in [-0.3, -0.25) is 4.98 Å². The van der Waals surface area contributed by atoms with Crippen LogP contribution in [0.4, 0.5) is 14.6 Å². The lowest BCUT2D eigenvalue weighted by atomic mass is 10.2. The number of benzene rings is 2. The van der Waals surface area contributed by atoms with E-state index in [-0.39, 0.29) is 11.0 Å². The predicted molar refractivity (Wildman–Crippen MR) is 96.4 cm³/mol. The Balaban J connectivity index is 1.65. The number of hydrogen-bond donors (Lipinski definition) is 1. The molecule has 5 nitrogen and oxygen atoms in total. The topological polar surface area (TPSA) is 69.6 Å². The van der Waals surface area contributed by atoms with Gasteiger partial charge < -0.3 is 5.73 Å². The van der Waals surface area contributed by atoms with Gasteiger partial charge in [-0.2, -0.15) is 5.10 Å². The fourth-order valence-electron chi connectivity index (χ4n) is 2.55. The van der Waals surface area contributed by atoms with E-state index in [1.54, 1.807) is 23.0 Å². The average molecular weight is 349 g/mol. The Hall–Kier alpha value is -3.61. The van der Waals surface area contributed by atoms with Gasteiger partial charge >= 0.3 is 0 Å². The summed E-state index contributed by atoms with van der Waals surface area (Å²) in [5, 5.41) is 4.28. The third-order valence-electron chi connectivity index (χ3n) is 3.87. The molecule has 2 heterocycles. The Bertz CT molecular complexity index is 1120. The Morgan fingerprint density at radius 2 is 1.65 bits per heavy atom. The summed E-state index contributed by atoms with van der Waals surface area (Å²) in [5.41, 5.74) is 8.77. The summed E-state index contributed by atoms with van der Waals surface area (Å²) in [7, 11) is 0. The van der Waals surface area contributed by atoms with Crippen LogP contribution >= 0.6 is 0 Å². The molecule has 0 saturated carbocycles. The molecule has 2 aromatic heterocycles. The van der Waals surface area contributed by atoms with E-state index in [0.717, 1.165) is 17.8 Å². The molecule has 0 spiro atoms. The van der Waals surface area contributed by atoms with Gasteiger partial charge in [0.15, 0.2) is 11.6 Å². The number of nitrogens with zero attached hydrogens (tertiary/aromatic N) is 4. The van der Waals surface area contributed by atoms with Crippen LogP contribution in [0.5, 0.6) is 0 Å². The zero-order valence-electron chi connectivity index (χ0n) is 13.5. The summed E-state index contributed by atoms with van der Waals surface area (Å²) < 4.78 is 28.2. The van der Waals surface area contributed by atoms with Crippen molar-refractivity contribution in [3.63, 3.8) is 0 Å². The second kappa shape index (κ2) is 6.36. The predicted octanol–water partition coefficient (Wildman–Crippen LogP) is 3.85. The van der Waals surface area contributed by atoms with Crippen molar-refractivity contribution in [2.24, 2.45) is 0 Å². The van der Waals surface area contributed by atoms with E-state index in [0.29, 0.717) is 17.1 Å². The summed E-state index contributed by atoms with van der Waals surface area (Å²) >= 11 is 0. The highest BCUT2D eigenvalue weighted by Gasteiger charge is 2.08. The highest BCUT2D eigenvalue weighted by atomic mass is 19.2. The molecule has 128 valence electrons. The first-order valence-corrected chi connectivity index (χ1v) is 7.80. The van der Waals surface area contributed by atoms with Gasteiger partial charge in [-0.1, -0.05) is 18.2 Å². The number of halogens is 2. The summed E-state index contributed by atoms with van der Waals surface area (Å²) in [6.45, 7) is 0. The first-order chi connectivity index (χ1) is 12.6. The molecule has 2 N–H and O–H groups in total. The number of aromatic nitrogens is 4. The lowest BCUT2D eigenvalue weighted by Gasteiger charge is -2.03. The number of fused-ring (bicyclic) bond motifs is 1. The largest absolute Gasteiger partial charge is 0.383 e. The quantitative estimate of drug-likeness (QED) is 0.610. The van der Waals surface area contributed by atoms with Crippen LogP contribution in [0.25, 0.3) is 28.9 Å². The molecule has 0 radical (unpaired) electrons. The molecule has 0 fully saturated rings. The van der Waals surface area contributed by atoms with E-state index in [4.69, 9.17) is 5.73 Å². The van der Waals surface area contributed by atoms with Gasteiger partial charge in [0.05, 0.1) is 34.8 Å². The van der Waals surface area contributed by atoms with Gasteiger partial charge in [0.25, 0.3) is 0 Å². The van der Waals surface area contributed by atoms with Gasteiger partial charge in [-0.25, -0.2) is 18.4 Å². The number of anilines is 1. The van der Waals surface area contributed by atoms with Crippen molar-refractivity contribution in [3.05, 3.63) is 77.8 Å². The van der Waals surface area contributed by atoms with Gasteiger partial charge in [-0.15, -0.1) is 0 Å². The minimum absolute atomic E-state index is 0.277. The molecule has 0 aliphatic rings. The van der Waals surface area contributed by atoms with E-state index >= 15 is 0 Å². The number of rotatable bonds is 3. The number of hydrogen-bond acceptors (Lipinski definition) is 4. The van der Waals surface area contributed by atoms with Gasteiger partial charge in [0.2, 0.25) is 0 Å². The minimum Gasteiger partial charge on any atom is -0.383 e. The Kier molecular flexibility index (Phi) is 3.89. The lowest BCUT2D eigenvalue weighted by molar-refractivity contribution is 0.510. The molecule has 7 heteroatoms. The normalized spacial score (nSPS) is 11.5. The van der Waals surface area contributed by atoms with Crippen molar-refractivity contribution in [2.45, 2.75) is 0 Å². The number of para-hydroxylation sites is 1. The first kappa shape index (κ1) is 15.9. The first-order valence-electron chi connectivity index (χ1n) is 7.80. The van der Waals surface area contributed by atoms with Crippen LogP contribution in [0.3, 0.4) is 0 Å². The Morgan fingerprint density at radius 1 is 0.923 bits per heavy atom. The molecule has 4 aromatic rings. The van der Waals surface area contributed by atoms with Crippen molar-refractivity contribution in [2.75, 3.05) is 5.73 Å². The minimum atomic E-state index is -0.957. The number of nitrogen functional groups attached to an aromatic ring is 1. The molecule has 0 saturated heterocycles. The smallest absolute Gasteiger partial charge is 0.161 e. The van der Waals surface area contributed by atoms with Crippen LogP contribution in [0.1, 0.15) is 11.3 Å². The van der Waals surface area contributed by atoms with E-state index in [9.17, 15) is 8.78 Å². The van der Waals surface area contributed by atoms with E-state index in [2.05, 4.69) is 15.1 Å². The summed E-state index contributed by atoms with van der Waals surface area (Å²) in [6, 6.07) is 11.6. The van der Waals surface area contributed by atoms with Gasteiger partial charge in [-0.05, 0) is 24.3 Å². The highest BCUT2D eigenvalue weighted by molar-refractivity contribution is 5.78. The molecule has 0 unspecified atom stereocenters. The Labute approximate surface area is 147 Å². The van der Waals surface area contributed by atoms with Gasteiger partial charge in [0.1, 0.15) is 5.82 Å². The second-order valence-corrected chi connectivity index (χ2v) is 5.62. The van der Waals surface area contributed by atoms with Crippen LogP contribution in [0.15, 0.2) is 54.9 Å². The summed E-state index contributed by atoms with van der Waals surface area (Å²) in [4.78, 5) is 8.36. The van der Waals surface area contributed by atoms with Crippen molar-refractivity contribution in [1.82, 2.24) is 19.7 Å². The van der Waals surface area contributed by atoms with Crippen LogP contribution in [0.2, 0.25) is 0 Å². The van der Waals surface area contributed by atoms with Crippen LogP contribution in [0, 0.1) is 11.6 Å². The van der Waals surface area contributed by atoms with E-state index < -0.39 is 11.6 Å². The third kappa shape index (κ3) is 2.90. The van der Waals surface area contributed by atoms with E-state index in [1.807, 2.05) is 30.3 Å². The second-order valence-electron chi connectivity index (χ2n) is 5.62. The maximum absolute atomic E-state index is 13.4. The van der Waals surface area contributed by atoms with Crippen molar-refractivity contribution in [3.8, 4) is 5.69 Å². The van der Waals surface area contributed by atoms with Crippen LogP contribution in [-0.4, -0.2) is 19.7 Å². The maximum Gasteiger partial charge on any atom is 0.161 e. The Morgan fingerprint density at radius 3 is 2.42 bits per heavy atom. The fourth-order valence-corrected chi connectivity index (χ4v) is 2.55. The SMILES string of the molecule is Nc1c(/C=C/c2cnc3cc(F)c(F)cc3n2)cnn1-c1ccccc1. The number of nitrogens with two attached hydrogens (primary N) is 1. The van der Waals surface area contributed by atoms with Crippen LogP contribution in [-0.2, 0) is 0 Å². The molecule has 0 bridgehead atoms. The molecule has 26 heavy (non-hydrogen) atoms. The molecule has 2 aromatic carbocycles. The lowest BCUT2D eigenvalue weighted by Crippen LogP contribution is -2.01. The van der Waals surface area contributed by atoms with Crippen LogP contribution < -0.4 is 5.73 Å². The molecular formula is C19H13F2N5. The highest BCUT2D eigenvalue weighted by Crippen LogP contribution is 2.20. The standard InChI is InChI=1S/C19H13F2N5/c20-15-8-17-18(9-16(15)21)25-13(11-23-17)7-6-12-10-24-26(19(12)22)14-4-2-1-3-5-14/h1-11H,22H2/b7-6+. The average Bonchev–Trinajstić information content (AvgIpc) is 3.02. The van der Waals surface area contributed by atoms with Crippen molar-refractivity contribution in [1.29, 1.82) is 0 Å². The molecule has 0 aliphatic heterocycles. The fraction of sp³-hybridized carbons (Fsp3) is 0. The monoisotopic (exact) mass is 349 g/mol. The summed E-state index contributed by atoms with van der Waals surface area (Å²) in [6.07, 6.45) is 6.56. The van der Waals surface area contributed by atoms with E-state index in [1.165, 1.54) is 6.20 Å². The molecule has 0 aliphatic carbocycles.